The van der Waals surface area contributed by atoms with E-state index >= 15 is 0 Å². The molecule has 0 heterocycles. The Morgan fingerprint density at radius 1 is 1.07 bits per heavy atom. The molecule has 0 bridgehead atoms. The molecule has 2 rings (SSSR count). The van der Waals surface area contributed by atoms with Crippen LogP contribution in [0.5, 0.6) is 5.75 Å². The monoisotopic (exact) mass is 390 g/mol. The number of hydrogen-bond donors (Lipinski definition) is 2. The van der Waals surface area contributed by atoms with Gasteiger partial charge in [0.1, 0.15) is 5.75 Å². The summed E-state index contributed by atoms with van der Waals surface area (Å²) in [5.41, 5.74) is 6.13. The lowest BCUT2D eigenvalue weighted by atomic mass is 10.1. The molecule has 3 N–H and O–H groups in total. The third-order valence-electron chi connectivity index (χ3n) is 3.61. The van der Waals surface area contributed by atoms with E-state index in [2.05, 4.69) is 5.32 Å². The quantitative estimate of drug-likeness (QED) is 0.672. The molecule has 142 valence electrons. The van der Waals surface area contributed by atoms with E-state index in [1.165, 1.54) is 12.1 Å². The summed E-state index contributed by atoms with van der Waals surface area (Å²) in [6, 6.07) is 13.0. The highest BCUT2D eigenvalue weighted by Gasteiger charge is 2.15. The van der Waals surface area contributed by atoms with Gasteiger partial charge in [0.05, 0.1) is 11.6 Å². The first-order valence-electron chi connectivity index (χ1n) is 8.09. The van der Waals surface area contributed by atoms with E-state index in [9.17, 15) is 14.4 Å². The van der Waals surface area contributed by atoms with Crippen LogP contribution >= 0.6 is 11.6 Å². The number of para-hydroxylation sites is 1. The van der Waals surface area contributed by atoms with Gasteiger partial charge in [-0.05, 0) is 30.7 Å². The maximum absolute atomic E-state index is 11.9. The third kappa shape index (κ3) is 6.00. The van der Waals surface area contributed by atoms with Crippen molar-refractivity contribution in [1.82, 2.24) is 5.32 Å². The van der Waals surface area contributed by atoms with Gasteiger partial charge in [-0.15, -0.1) is 0 Å². The normalized spacial score (nSPS) is 11.3. The lowest BCUT2D eigenvalue weighted by Crippen LogP contribution is -2.32. The zero-order valence-electron chi connectivity index (χ0n) is 14.6. The smallest absolute Gasteiger partial charge is 0.344 e. The SMILES string of the molecule is C[C@H](NC(=O)COC(=O)COc1ccccc1C(N)=O)c1ccccc1Cl. The average molecular weight is 391 g/mol. The zero-order valence-corrected chi connectivity index (χ0v) is 15.4. The number of carbonyl (C=O) groups excluding carboxylic acids is 3. The van der Waals surface area contributed by atoms with Gasteiger partial charge in [0, 0.05) is 5.02 Å². The van der Waals surface area contributed by atoms with Gasteiger partial charge in [0.15, 0.2) is 13.2 Å². The molecule has 0 aliphatic carbocycles. The van der Waals surface area contributed by atoms with Crippen LogP contribution in [0.1, 0.15) is 28.9 Å². The summed E-state index contributed by atoms with van der Waals surface area (Å²) in [6.07, 6.45) is 0. The van der Waals surface area contributed by atoms with Crippen LogP contribution in [0.2, 0.25) is 5.02 Å². The van der Waals surface area contributed by atoms with Gasteiger partial charge in [0.2, 0.25) is 0 Å². The molecule has 0 saturated heterocycles. The summed E-state index contributed by atoms with van der Waals surface area (Å²) in [4.78, 5) is 35.0. The average Bonchev–Trinajstić information content (AvgIpc) is 2.65. The van der Waals surface area contributed by atoms with E-state index in [-0.39, 0.29) is 17.4 Å². The van der Waals surface area contributed by atoms with Gasteiger partial charge in [-0.25, -0.2) is 4.79 Å². The second kappa shape index (κ2) is 9.59. The number of rotatable bonds is 8. The van der Waals surface area contributed by atoms with Gasteiger partial charge >= 0.3 is 5.97 Å². The van der Waals surface area contributed by atoms with Gasteiger partial charge in [-0.3, -0.25) is 9.59 Å². The molecule has 1 atom stereocenters. The maximum atomic E-state index is 11.9. The number of hydrogen-bond acceptors (Lipinski definition) is 5. The summed E-state index contributed by atoms with van der Waals surface area (Å²) in [5, 5.41) is 3.22. The van der Waals surface area contributed by atoms with Gasteiger partial charge in [0.25, 0.3) is 11.8 Å². The predicted octanol–water partition coefficient (Wildman–Crippen LogP) is 2.24. The highest BCUT2D eigenvalue weighted by molar-refractivity contribution is 6.31. The van der Waals surface area contributed by atoms with Crippen molar-refractivity contribution in [3.8, 4) is 5.75 Å². The Morgan fingerprint density at radius 2 is 1.74 bits per heavy atom. The van der Waals surface area contributed by atoms with Crippen LogP contribution in [-0.2, 0) is 14.3 Å². The number of carbonyl (C=O) groups is 3. The maximum Gasteiger partial charge on any atom is 0.344 e. The topological polar surface area (TPSA) is 108 Å². The fourth-order valence-electron chi connectivity index (χ4n) is 2.31. The van der Waals surface area contributed by atoms with Crippen molar-refractivity contribution < 1.29 is 23.9 Å². The van der Waals surface area contributed by atoms with E-state index in [1.807, 2.05) is 6.07 Å². The molecule has 8 heteroatoms. The Labute approximate surface area is 161 Å². The summed E-state index contributed by atoms with van der Waals surface area (Å²) in [7, 11) is 0. The summed E-state index contributed by atoms with van der Waals surface area (Å²) in [5.74, 6) is -1.74. The molecular weight excluding hydrogens is 372 g/mol. The predicted molar refractivity (Wildman–Crippen MR) is 99.4 cm³/mol. The van der Waals surface area contributed by atoms with E-state index in [0.717, 1.165) is 5.56 Å². The van der Waals surface area contributed by atoms with Crippen LogP contribution < -0.4 is 15.8 Å². The minimum Gasteiger partial charge on any atom is -0.481 e. The second-order valence-corrected chi connectivity index (χ2v) is 6.03. The molecule has 2 aromatic rings. The van der Waals surface area contributed by atoms with Crippen LogP contribution in [-0.4, -0.2) is 31.0 Å². The fraction of sp³-hybridized carbons (Fsp3) is 0.211. The number of ether oxygens (including phenoxy) is 2. The minimum atomic E-state index is -0.755. The summed E-state index contributed by atoms with van der Waals surface area (Å²) >= 11 is 6.08. The number of benzene rings is 2. The van der Waals surface area contributed by atoms with Crippen LogP contribution in [0.4, 0.5) is 0 Å². The molecule has 7 nitrogen and oxygen atoms in total. The van der Waals surface area contributed by atoms with Crippen molar-refractivity contribution in [1.29, 1.82) is 0 Å². The van der Waals surface area contributed by atoms with Gasteiger partial charge in [-0.1, -0.05) is 41.9 Å². The molecule has 0 unspecified atom stereocenters. The fourth-order valence-corrected chi connectivity index (χ4v) is 2.61. The van der Waals surface area contributed by atoms with Crippen molar-refractivity contribution in [3.05, 3.63) is 64.7 Å². The van der Waals surface area contributed by atoms with E-state index in [0.29, 0.717) is 5.02 Å². The number of nitrogens with two attached hydrogens (primary N) is 1. The Hall–Kier alpha value is -3.06. The molecule has 0 aromatic heterocycles. The molecule has 0 aliphatic heterocycles. The molecule has 0 aliphatic rings. The van der Waals surface area contributed by atoms with Crippen molar-refractivity contribution in [3.63, 3.8) is 0 Å². The molecule has 0 fully saturated rings. The highest BCUT2D eigenvalue weighted by atomic mass is 35.5. The molecule has 0 saturated carbocycles. The van der Waals surface area contributed by atoms with Gasteiger partial charge in [-0.2, -0.15) is 0 Å². The number of amides is 2. The Bertz CT molecular complexity index is 840. The third-order valence-corrected chi connectivity index (χ3v) is 3.96. The van der Waals surface area contributed by atoms with Crippen molar-refractivity contribution in [2.75, 3.05) is 13.2 Å². The largest absolute Gasteiger partial charge is 0.481 e. The van der Waals surface area contributed by atoms with E-state index < -0.39 is 31.0 Å². The van der Waals surface area contributed by atoms with Crippen molar-refractivity contribution >= 4 is 29.4 Å². The number of halogens is 1. The molecule has 0 spiro atoms. The summed E-state index contributed by atoms with van der Waals surface area (Å²) < 4.78 is 10.1. The van der Waals surface area contributed by atoms with Crippen molar-refractivity contribution in [2.24, 2.45) is 5.73 Å². The lowest BCUT2D eigenvalue weighted by Gasteiger charge is -2.15. The zero-order chi connectivity index (χ0) is 19.8. The first-order chi connectivity index (χ1) is 12.9. The Morgan fingerprint density at radius 3 is 2.44 bits per heavy atom. The van der Waals surface area contributed by atoms with E-state index in [4.69, 9.17) is 26.8 Å². The van der Waals surface area contributed by atoms with Crippen LogP contribution in [0.25, 0.3) is 0 Å². The van der Waals surface area contributed by atoms with Crippen LogP contribution in [0.15, 0.2) is 48.5 Å². The molecule has 2 aromatic carbocycles. The molecular formula is C19H19ClN2O5. The standard InChI is InChI=1S/C19H19ClN2O5/c1-12(13-6-2-4-8-15(13)20)22-17(23)10-27-18(24)11-26-16-9-5-3-7-14(16)19(21)25/h2-9,12H,10-11H2,1H3,(H2,21,25)(H,22,23)/t12-/m0/s1. The van der Waals surface area contributed by atoms with E-state index in [1.54, 1.807) is 37.3 Å². The lowest BCUT2D eigenvalue weighted by molar-refractivity contribution is -0.150. The first-order valence-corrected chi connectivity index (χ1v) is 8.47. The first kappa shape index (κ1) is 20.3. The van der Waals surface area contributed by atoms with Crippen molar-refractivity contribution in [2.45, 2.75) is 13.0 Å². The highest BCUT2D eigenvalue weighted by Crippen LogP contribution is 2.22. The molecule has 27 heavy (non-hydrogen) atoms. The molecule has 2 amide bonds. The van der Waals surface area contributed by atoms with Gasteiger partial charge < -0.3 is 20.5 Å². The number of esters is 1. The number of nitrogens with one attached hydrogen (secondary N) is 1. The van der Waals surface area contributed by atoms with Crippen LogP contribution in [0, 0.1) is 0 Å². The Balaban J connectivity index is 1.79. The molecule has 0 radical (unpaired) electrons. The summed E-state index contributed by atoms with van der Waals surface area (Å²) in [6.45, 7) is 0.844. The van der Waals surface area contributed by atoms with Crippen LogP contribution in [0.3, 0.4) is 0 Å². The second-order valence-electron chi connectivity index (χ2n) is 5.62. The Kier molecular flexibility index (Phi) is 7.19. The minimum absolute atomic E-state index is 0.150. The number of primary amides is 1.